The number of aromatic nitrogens is 3. The third-order valence-corrected chi connectivity index (χ3v) is 6.48. The number of nitrogens with zero attached hydrogens (tertiary/aromatic N) is 2. The van der Waals surface area contributed by atoms with Gasteiger partial charge in [0, 0.05) is 18.0 Å². The van der Waals surface area contributed by atoms with Crippen LogP contribution in [0.4, 0.5) is 5.69 Å². The smallest absolute Gasteiger partial charge is 0.261 e. The summed E-state index contributed by atoms with van der Waals surface area (Å²) < 4.78 is 27.6. The van der Waals surface area contributed by atoms with Crippen molar-refractivity contribution in [3.63, 3.8) is 0 Å². The minimum Gasteiger partial charge on any atom is -0.342 e. The van der Waals surface area contributed by atoms with Crippen molar-refractivity contribution >= 4 is 21.6 Å². The molecular weight excluding hydrogens is 438 g/mol. The van der Waals surface area contributed by atoms with Gasteiger partial charge in [-0.25, -0.2) is 13.4 Å². The molecule has 1 atom stereocenters. The van der Waals surface area contributed by atoms with Gasteiger partial charge in [-0.1, -0.05) is 37.3 Å². The number of rotatable bonds is 8. The molecular formula is C24H23N5O3S. The first-order valence-electron chi connectivity index (χ1n) is 10.4. The van der Waals surface area contributed by atoms with E-state index in [9.17, 15) is 13.2 Å². The minimum atomic E-state index is -3.77. The van der Waals surface area contributed by atoms with Crippen LogP contribution in [0, 0.1) is 0 Å². The molecule has 2 heterocycles. The molecule has 4 aromatic rings. The van der Waals surface area contributed by atoms with Gasteiger partial charge in [0.2, 0.25) is 0 Å². The Balaban J connectivity index is 1.45. The second-order valence-electron chi connectivity index (χ2n) is 7.35. The molecule has 3 N–H and O–H groups in total. The molecule has 0 fully saturated rings. The van der Waals surface area contributed by atoms with Gasteiger partial charge in [-0.3, -0.25) is 14.5 Å². The molecule has 168 valence electrons. The van der Waals surface area contributed by atoms with Crippen LogP contribution in [0.15, 0.2) is 90.2 Å². The molecule has 0 bridgehead atoms. The van der Waals surface area contributed by atoms with Gasteiger partial charge >= 0.3 is 0 Å². The number of anilines is 1. The van der Waals surface area contributed by atoms with E-state index >= 15 is 0 Å². The van der Waals surface area contributed by atoms with Gasteiger partial charge in [-0.2, -0.15) is 0 Å². The van der Waals surface area contributed by atoms with Crippen LogP contribution in [-0.4, -0.2) is 29.3 Å². The zero-order valence-electron chi connectivity index (χ0n) is 17.9. The monoisotopic (exact) mass is 461 g/mol. The molecule has 0 radical (unpaired) electrons. The lowest BCUT2D eigenvalue weighted by Gasteiger charge is -2.15. The summed E-state index contributed by atoms with van der Waals surface area (Å²) in [4.78, 5) is 24.4. The second-order valence-corrected chi connectivity index (χ2v) is 9.03. The lowest BCUT2D eigenvalue weighted by atomic mass is 10.1. The van der Waals surface area contributed by atoms with Crippen LogP contribution in [-0.2, 0) is 10.0 Å². The lowest BCUT2D eigenvalue weighted by Crippen LogP contribution is -2.29. The number of benzene rings is 2. The average molecular weight is 462 g/mol. The largest absolute Gasteiger partial charge is 0.342 e. The second kappa shape index (κ2) is 9.66. The fourth-order valence-electron chi connectivity index (χ4n) is 3.30. The number of pyridine rings is 1. The number of aromatic amines is 1. The molecule has 0 spiro atoms. The fourth-order valence-corrected chi connectivity index (χ4v) is 4.36. The van der Waals surface area contributed by atoms with Crippen molar-refractivity contribution in [1.29, 1.82) is 0 Å². The van der Waals surface area contributed by atoms with E-state index in [0.29, 0.717) is 23.5 Å². The Hall–Kier alpha value is -3.98. The van der Waals surface area contributed by atoms with Crippen molar-refractivity contribution < 1.29 is 13.2 Å². The van der Waals surface area contributed by atoms with Crippen LogP contribution in [0.2, 0.25) is 0 Å². The maximum absolute atomic E-state index is 12.8. The summed E-state index contributed by atoms with van der Waals surface area (Å²) in [7, 11) is -3.77. The Morgan fingerprint density at radius 3 is 2.36 bits per heavy atom. The molecule has 9 heteroatoms. The van der Waals surface area contributed by atoms with E-state index < -0.39 is 10.0 Å². The molecule has 1 unspecified atom stereocenters. The van der Waals surface area contributed by atoms with Crippen molar-refractivity contribution in [3.8, 4) is 11.3 Å². The Morgan fingerprint density at radius 2 is 1.70 bits per heavy atom. The molecule has 0 aliphatic rings. The van der Waals surface area contributed by atoms with Crippen molar-refractivity contribution in [1.82, 2.24) is 20.3 Å². The van der Waals surface area contributed by atoms with Crippen molar-refractivity contribution in [2.45, 2.75) is 24.3 Å². The highest BCUT2D eigenvalue weighted by atomic mass is 32.2. The predicted molar refractivity (Wildman–Crippen MR) is 126 cm³/mol. The zero-order chi connectivity index (χ0) is 23.3. The molecule has 0 aliphatic heterocycles. The Kier molecular flexibility index (Phi) is 6.50. The molecule has 33 heavy (non-hydrogen) atoms. The normalized spacial score (nSPS) is 12.2. The number of sulfonamides is 1. The Morgan fingerprint density at radius 1 is 1.00 bits per heavy atom. The summed E-state index contributed by atoms with van der Waals surface area (Å²) in [5.41, 5.74) is 2.64. The summed E-state index contributed by atoms with van der Waals surface area (Å²) in [5.74, 6) is 0.344. The van der Waals surface area contributed by atoms with Gasteiger partial charge in [-0.15, -0.1) is 0 Å². The summed E-state index contributed by atoms with van der Waals surface area (Å²) in [6.07, 6.45) is 5.37. The van der Waals surface area contributed by atoms with E-state index in [2.05, 4.69) is 25.0 Å². The maximum Gasteiger partial charge on any atom is 0.261 e. The van der Waals surface area contributed by atoms with Crippen LogP contribution in [0.3, 0.4) is 0 Å². The number of carbonyl (C=O) groups is 1. The van der Waals surface area contributed by atoms with Crippen LogP contribution < -0.4 is 10.0 Å². The molecule has 0 saturated carbocycles. The van der Waals surface area contributed by atoms with E-state index in [1.54, 1.807) is 18.3 Å². The number of carbonyl (C=O) groups excluding carboxylic acids is 1. The molecule has 2 aromatic heterocycles. The van der Waals surface area contributed by atoms with Crippen LogP contribution in [0.25, 0.3) is 11.3 Å². The quantitative estimate of drug-likeness (QED) is 0.364. The van der Waals surface area contributed by atoms with Crippen molar-refractivity contribution in [2.24, 2.45) is 0 Å². The highest BCUT2D eigenvalue weighted by Gasteiger charge is 2.19. The van der Waals surface area contributed by atoms with E-state index in [-0.39, 0.29) is 16.8 Å². The summed E-state index contributed by atoms with van der Waals surface area (Å²) in [6, 6.07) is 18.4. The molecule has 4 rings (SSSR count). The number of amides is 1. The van der Waals surface area contributed by atoms with Crippen LogP contribution in [0.5, 0.6) is 0 Å². The number of H-pyrrole nitrogens is 1. The number of imidazole rings is 1. The third kappa shape index (κ3) is 5.27. The van der Waals surface area contributed by atoms with E-state index in [1.165, 1.54) is 36.7 Å². The van der Waals surface area contributed by atoms with Gasteiger partial charge in [0.05, 0.1) is 28.5 Å². The van der Waals surface area contributed by atoms with Gasteiger partial charge < -0.3 is 10.3 Å². The van der Waals surface area contributed by atoms with E-state index in [0.717, 1.165) is 11.3 Å². The predicted octanol–water partition coefficient (Wildman–Crippen LogP) is 4.15. The fraction of sp³-hybridized carbons (Fsp3) is 0.125. The van der Waals surface area contributed by atoms with Gasteiger partial charge in [0.15, 0.2) is 0 Å². The van der Waals surface area contributed by atoms with E-state index in [4.69, 9.17) is 0 Å². The standard InChI is InChI=1S/C24H23N5O3S/c1-2-21(23-26-16-22(27-23)17-6-4-3-5-7-17)28-24(30)18-8-10-20(11-9-18)33(31,32)29-19-12-14-25-15-13-19/h3-16,21H,2H2,1H3,(H,25,29)(H,26,27)(H,28,30). The van der Waals surface area contributed by atoms with Crippen LogP contribution >= 0.6 is 0 Å². The van der Waals surface area contributed by atoms with Gasteiger partial charge in [-0.05, 0) is 48.4 Å². The first kappa shape index (κ1) is 22.2. The highest BCUT2D eigenvalue weighted by molar-refractivity contribution is 7.92. The van der Waals surface area contributed by atoms with E-state index in [1.807, 2.05) is 37.3 Å². The average Bonchev–Trinajstić information content (AvgIpc) is 3.33. The lowest BCUT2D eigenvalue weighted by molar-refractivity contribution is 0.0933. The first-order chi connectivity index (χ1) is 16.0. The molecule has 8 nitrogen and oxygen atoms in total. The topological polar surface area (TPSA) is 117 Å². The zero-order valence-corrected chi connectivity index (χ0v) is 18.7. The number of nitrogens with one attached hydrogen (secondary N) is 3. The number of hydrogen-bond acceptors (Lipinski definition) is 5. The summed E-state index contributed by atoms with van der Waals surface area (Å²) in [6.45, 7) is 1.95. The van der Waals surface area contributed by atoms with Gasteiger partial charge in [0.25, 0.3) is 15.9 Å². The minimum absolute atomic E-state index is 0.0569. The summed E-state index contributed by atoms with van der Waals surface area (Å²) in [5, 5.41) is 2.96. The summed E-state index contributed by atoms with van der Waals surface area (Å²) >= 11 is 0. The maximum atomic E-state index is 12.8. The Bertz CT molecular complexity index is 1320. The van der Waals surface area contributed by atoms with Gasteiger partial charge in [0.1, 0.15) is 5.82 Å². The molecule has 0 saturated heterocycles. The third-order valence-electron chi connectivity index (χ3n) is 5.08. The Labute approximate surface area is 192 Å². The van der Waals surface area contributed by atoms with Crippen molar-refractivity contribution in [2.75, 3.05) is 4.72 Å². The number of hydrogen-bond donors (Lipinski definition) is 3. The molecule has 1 amide bonds. The van der Waals surface area contributed by atoms with Crippen LogP contribution in [0.1, 0.15) is 35.6 Å². The van der Waals surface area contributed by atoms with Crippen molar-refractivity contribution in [3.05, 3.63) is 96.7 Å². The molecule has 0 aliphatic carbocycles. The highest BCUT2D eigenvalue weighted by Crippen LogP contribution is 2.21. The first-order valence-corrected chi connectivity index (χ1v) is 11.9. The molecule has 2 aromatic carbocycles. The SMILES string of the molecule is CCC(NC(=O)c1ccc(S(=O)(=O)Nc2ccncc2)cc1)c1ncc(-c2ccccc2)[nH]1.